The van der Waals surface area contributed by atoms with E-state index in [1.54, 1.807) is 6.07 Å². The van der Waals surface area contributed by atoms with Crippen molar-refractivity contribution in [2.75, 3.05) is 11.7 Å². The summed E-state index contributed by atoms with van der Waals surface area (Å²) in [6.07, 6.45) is 3.07. The zero-order chi connectivity index (χ0) is 27.3. The molecule has 1 aliphatic carbocycles. The standard InChI is InChI=1S/C30H26Cl4N4O/c1-18(2)26-27(19-4-8-21(31)9-5-19)38(25-13-12-23(33)16-24(25)34)35-28(26)37-17-39-29(36-37)30(14-3-15-30)20-6-10-22(32)11-7-20/h4-13,16,18H,3,14-15,17H2,1-2H3. The Kier molecular flexibility index (Phi) is 7.05. The monoisotopic (exact) mass is 598 g/mol. The number of ether oxygens (including phenoxy) is 1. The molecule has 200 valence electrons. The van der Waals surface area contributed by atoms with Gasteiger partial charge in [-0.3, -0.25) is 0 Å². The molecule has 0 bridgehead atoms. The summed E-state index contributed by atoms with van der Waals surface area (Å²) in [5, 5.41) is 14.4. The van der Waals surface area contributed by atoms with E-state index >= 15 is 0 Å². The molecule has 0 radical (unpaired) electrons. The highest BCUT2D eigenvalue weighted by molar-refractivity contribution is 6.35. The SMILES string of the molecule is CC(C)c1c(N2COC(C3(c4ccc(Cl)cc4)CCC3)=N2)nn(-c2ccc(Cl)cc2Cl)c1-c1ccc(Cl)cc1. The molecule has 2 aliphatic rings. The van der Waals surface area contributed by atoms with Gasteiger partial charge in [-0.1, -0.05) is 90.9 Å². The second kappa shape index (κ2) is 10.4. The van der Waals surface area contributed by atoms with Crippen LogP contribution in [0.25, 0.3) is 16.9 Å². The van der Waals surface area contributed by atoms with Gasteiger partial charge in [0.05, 0.1) is 21.8 Å². The van der Waals surface area contributed by atoms with E-state index in [4.69, 9.17) is 61.3 Å². The predicted octanol–water partition coefficient (Wildman–Crippen LogP) is 9.51. The number of aromatic nitrogens is 2. The van der Waals surface area contributed by atoms with Crippen LogP contribution >= 0.6 is 46.4 Å². The van der Waals surface area contributed by atoms with Crippen LogP contribution in [0, 0.1) is 0 Å². The Labute approximate surface area is 247 Å². The van der Waals surface area contributed by atoms with E-state index in [0.29, 0.717) is 20.1 Å². The first-order valence-electron chi connectivity index (χ1n) is 12.9. The van der Waals surface area contributed by atoms with Gasteiger partial charge in [0, 0.05) is 26.2 Å². The lowest BCUT2D eigenvalue weighted by Gasteiger charge is -2.40. The molecule has 2 heterocycles. The average Bonchev–Trinajstić information content (AvgIpc) is 3.51. The molecule has 5 nitrogen and oxygen atoms in total. The summed E-state index contributed by atoms with van der Waals surface area (Å²) >= 11 is 25.3. The van der Waals surface area contributed by atoms with Gasteiger partial charge in [0.15, 0.2) is 12.5 Å². The van der Waals surface area contributed by atoms with Crippen LogP contribution in [-0.4, -0.2) is 22.4 Å². The third kappa shape index (κ3) is 4.70. The van der Waals surface area contributed by atoms with Crippen LogP contribution < -0.4 is 5.01 Å². The van der Waals surface area contributed by atoms with Gasteiger partial charge in [-0.2, -0.15) is 0 Å². The fraction of sp³-hybridized carbons (Fsp3) is 0.267. The Bertz CT molecular complexity index is 1560. The number of hydrogen-bond donors (Lipinski definition) is 0. The fourth-order valence-corrected chi connectivity index (χ4v) is 6.15. The molecule has 1 aliphatic heterocycles. The molecule has 1 saturated carbocycles. The molecule has 6 rings (SSSR count). The van der Waals surface area contributed by atoms with E-state index in [-0.39, 0.29) is 18.1 Å². The number of rotatable bonds is 6. The van der Waals surface area contributed by atoms with E-state index in [0.717, 1.165) is 53.5 Å². The second-order valence-electron chi connectivity index (χ2n) is 10.3. The van der Waals surface area contributed by atoms with Crippen molar-refractivity contribution in [3.05, 3.63) is 97.9 Å². The van der Waals surface area contributed by atoms with Gasteiger partial charge in [-0.05, 0) is 66.8 Å². The molecular formula is C30H26Cl4N4O. The molecule has 0 amide bonds. The summed E-state index contributed by atoms with van der Waals surface area (Å²) < 4.78 is 8.17. The van der Waals surface area contributed by atoms with Gasteiger partial charge in [-0.15, -0.1) is 10.2 Å². The number of hydrogen-bond acceptors (Lipinski definition) is 4. The molecule has 0 atom stereocenters. The molecule has 9 heteroatoms. The van der Waals surface area contributed by atoms with Gasteiger partial charge in [0.1, 0.15) is 0 Å². The summed E-state index contributed by atoms with van der Waals surface area (Å²) in [5.41, 5.74) is 4.56. The van der Waals surface area contributed by atoms with Crippen molar-refractivity contribution in [1.82, 2.24) is 9.78 Å². The largest absolute Gasteiger partial charge is 0.456 e. The molecule has 1 fully saturated rings. The molecule has 0 saturated heterocycles. The summed E-state index contributed by atoms with van der Waals surface area (Å²) in [6.45, 7) is 4.57. The maximum absolute atomic E-state index is 6.70. The summed E-state index contributed by atoms with van der Waals surface area (Å²) in [5.74, 6) is 1.57. The van der Waals surface area contributed by atoms with Gasteiger partial charge >= 0.3 is 0 Å². The highest BCUT2D eigenvalue weighted by Crippen LogP contribution is 2.48. The normalized spacial score (nSPS) is 16.3. The molecule has 1 aromatic heterocycles. The summed E-state index contributed by atoms with van der Waals surface area (Å²) in [4.78, 5) is 0. The Balaban J connectivity index is 1.50. The van der Waals surface area contributed by atoms with Gasteiger partial charge < -0.3 is 4.74 Å². The molecule has 3 aromatic carbocycles. The van der Waals surface area contributed by atoms with Crippen molar-refractivity contribution >= 4 is 58.1 Å². The molecule has 4 aromatic rings. The minimum atomic E-state index is -0.252. The van der Waals surface area contributed by atoms with Crippen molar-refractivity contribution in [1.29, 1.82) is 0 Å². The third-order valence-corrected chi connectivity index (χ3v) is 8.57. The van der Waals surface area contributed by atoms with Crippen LogP contribution in [0.2, 0.25) is 20.1 Å². The smallest absolute Gasteiger partial charge is 0.219 e. The minimum Gasteiger partial charge on any atom is -0.456 e. The predicted molar refractivity (Wildman–Crippen MR) is 161 cm³/mol. The zero-order valence-electron chi connectivity index (χ0n) is 21.5. The average molecular weight is 600 g/mol. The third-order valence-electron chi connectivity index (χ3n) is 7.53. The fourth-order valence-electron chi connectivity index (χ4n) is 5.41. The second-order valence-corrected chi connectivity index (χ2v) is 12.0. The lowest BCUT2D eigenvalue weighted by atomic mass is 9.64. The van der Waals surface area contributed by atoms with E-state index in [9.17, 15) is 0 Å². The van der Waals surface area contributed by atoms with Crippen LogP contribution in [-0.2, 0) is 10.2 Å². The Morgan fingerprint density at radius 1 is 0.846 bits per heavy atom. The highest BCUT2D eigenvalue weighted by Gasteiger charge is 2.48. The van der Waals surface area contributed by atoms with Crippen molar-refractivity contribution in [3.8, 4) is 16.9 Å². The lowest BCUT2D eigenvalue weighted by molar-refractivity contribution is 0.246. The van der Waals surface area contributed by atoms with Crippen LogP contribution in [0.3, 0.4) is 0 Å². The number of anilines is 1. The first-order valence-corrected chi connectivity index (χ1v) is 14.4. The van der Waals surface area contributed by atoms with Crippen LogP contribution in [0.1, 0.15) is 50.2 Å². The van der Waals surface area contributed by atoms with Crippen LogP contribution in [0.4, 0.5) is 5.82 Å². The number of nitrogens with zero attached hydrogens (tertiary/aromatic N) is 4. The molecule has 39 heavy (non-hydrogen) atoms. The van der Waals surface area contributed by atoms with Gasteiger partial charge in [-0.25, -0.2) is 9.69 Å². The van der Waals surface area contributed by atoms with E-state index < -0.39 is 0 Å². The zero-order valence-corrected chi connectivity index (χ0v) is 24.5. The molecule has 0 N–H and O–H groups in total. The quantitative estimate of drug-likeness (QED) is 0.222. The summed E-state index contributed by atoms with van der Waals surface area (Å²) in [7, 11) is 0. The van der Waals surface area contributed by atoms with Crippen LogP contribution in [0.15, 0.2) is 71.8 Å². The molecule has 0 unspecified atom stereocenters. The van der Waals surface area contributed by atoms with Crippen molar-refractivity contribution < 1.29 is 4.74 Å². The van der Waals surface area contributed by atoms with Gasteiger partial charge in [0.25, 0.3) is 0 Å². The van der Waals surface area contributed by atoms with E-state index in [2.05, 4.69) is 26.0 Å². The molecular weight excluding hydrogens is 574 g/mol. The topological polar surface area (TPSA) is 42.6 Å². The van der Waals surface area contributed by atoms with Crippen LogP contribution in [0.5, 0.6) is 0 Å². The number of halogens is 4. The maximum atomic E-state index is 6.70. The van der Waals surface area contributed by atoms with Crippen molar-refractivity contribution in [2.24, 2.45) is 5.10 Å². The first kappa shape index (κ1) is 26.5. The Morgan fingerprint density at radius 2 is 1.49 bits per heavy atom. The maximum Gasteiger partial charge on any atom is 0.219 e. The Hall–Kier alpha value is -2.70. The first-order chi connectivity index (χ1) is 18.8. The van der Waals surface area contributed by atoms with Gasteiger partial charge in [0.2, 0.25) is 5.90 Å². The van der Waals surface area contributed by atoms with E-state index in [1.807, 2.05) is 58.2 Å². The minimum absolute atomic E-state index is 0.124. The Morgan fingerprint density at radius 3 is 2.08 bits per heavy atom. The summed E-state index contributed by atoms with van der Waals surface area (Å²) in [6, 6.07) is 21.2. The number of benzene rings is 3. The molecule has 0 spiro atoms. The highest BCUT2D eigenvalue weighted by atomic mass is 35.5. The van der Waals surface area contributed by atoms with E-state index in [1.165, 1.54) is 5.56 Å². The van der Waals surface area contributed by atoms with Crippen molar-refractivity contribution in [3.63, 3.8) is 0 Å². The lowest BCUT2D eigenvalue weighted by Crippen LogP contribution is -2.42. The van der Waals surface area contributed by atoms with Crippen molar-refractivity contribution in [2.45, 2.75) is 44.4 Å². The number of hydrazone groups is 1.